The number of para-hydroxylation sites is 1. The number of amides is 1. The number of benzene rings is 1. The second-order valence-corrected chi connectivity index (χ2v) is 9.01. The number of nitrogens with zero attached hydrogens (tertiary/aromatic N) is 3. The van der Waals surface area contributed by atoms with Gasteiger partial charge in [-0.3, -0.25) is 14.2 Å². The maximum atomic E-state index is 13.1. The molecule has 2 aromatic heterocycles. The fourth-order valence-corrected chi connectivity index (χ4v) is 4.30. The summed E-state index contributed by atoms with van der Waals surface area (Å²) in [5, 5.41) is 6.80. The molecule has 0 aliphatic heterocycles. The summed E-state index contributed by atoms with van der Waals surface area (Å²) in [6.45, 7) is 7.52. The van der Waals surface area contributed by atoms with Crippen molar-refractivity contribution in [3.05, 3.63) is 59.5 Å². The Morgan fingerprint density at radius 1 is 1.16 bits per heavy atom. The lowest BCUT2D eigenvalue weighted by molar-refractivity contribution is 0.102. The summed E-state index contributed by atoms with van der Waals surface area (Å²) in [6.07, 6.45) is 4.41. The molecule has 0 fully saturated rings. The summed E-state index contributed by atoms with van der Waals surface area (Å²) in [4.78, 5) is 16.4. The highest BCUT2D eigenvalue weighted by atomic mass is 32.2. The lowest BCUT2D eigenvalue weighted by Crippen LogP contribution is -2.17. The highest BCUT2D eigenvalue weighted by molar-refractivity contribution is 7.92. The molecular weight excluding hydrogens is 418 g/mol. The fraction of sp³-hybridized carbons (Fsp3) is 0.286. The third-order valence-electron chi connectivity index (χ3n) is 4.67. The van der Waals surface area contributed by atoms with Crippen LogP contribution in [0.4, 0.5) is 11.4 Å². The van der Waals surface area contributed by atoms with Crippen molar-refractivity contribution in [3.63, 3.8) is 0 Å². The molecule has 31 heavy (non-hydrogen) atoms. The average Bonchev–Trinajstić information content (AvgIpc) is 3.22. The number of ether oxygens (including phenoxy) is 1. The summed E-state index contributed by atoms with van der Waals surface area (Å²) < 4.78 is 35.6. The van der Waals surface area contributed by atoms with Crippen molar-refractivity contribution in [1.82, 2.24) is 14.8 Å². The van der Waals surface area contributed by atoms with E-state index in [0.29, 0.717) is 11.3 Å². The van der Waals surface area contributed by atoms with Crippen molar-refractivity contribution in [2.75, 3.05) is 17.1 Å². The number of pyridine rings is 1. The molecule has 2 N–H and O–H groups in total. The zero-order valence-corrected chi connectivity index (χ0v) is 18.8. The molecule has 0 atom stereocenters. The summed E-state index contributed by atoms with van der Waals surface area (Å²) in [5.41, 5.74) is 2.61. The maximum Gasteiger partial charge on any atom is 0.267 e. The normalized spacial score (nSPS) is 11.4. The predicted octanol–water partition coefficient (Wildman–Crippen LogP) is 3.54. The van der Waals surface area contributed by atoms with E-state index in [1.54, 1.807) is 10.9 Å². The van der Waals surface area contributed by atoms with Crippen LogP contribution in [0.2, 0.25) is 0 Å². The van der Waals surface area contributed by atoms with Gasteiger partial charge in [-0.1, -0.05) is 18.2 Å². The van der Waals surface area contributed by atoms with Gasteiger partial charge in [0.1, 0.15) is 0 Å². The van der Waals surface area contributed by atoms with Gasteiger partial charge in [0.05, 0.1) is 36.4 Å². The molecule has 0 bridgehead atoms. The first kappa shape index (κ1) is 22.3. The van der Waals surface area contributed by atoms with Gasteiger partial charge < -0.3 is 10.1 Å². The van der Waals surface area contributed by atoms with Crippen LogP contribution >= 0.6 is 0 Å². The van der Waals surface area contributed by atoms with Crippen molar-refractivity contribution >= 4 is 27.3 Å². The molecule has 0 saturated carbocycles. The number of hydrogen-bond donors (Lipinski definition) is 2. The number of methoxy groups -OCH3 is 1. The SMILES string of the molecule is COc1ncc(NC(=O)c2cnn(C(C)C)c2)cc1S(=O)(=O)Nc1c(C)cccc1C. The standard InChI is InChI=1S/C21H25N5O4S/c1-13(2)26-12-16(10-23-26)20(27)24-17-9-18(21(30-5)22-11-17)31(28,29)25-19-14(3)7-6-8-15(19)4/h6-13,25H,1-5H3,(H,24,27). The second-order valence-electron chi connectivity index (χ2n) is 7.36. The van der Waals surface area contributed by atoms with E-state index in [4.69, 9.17) is 4.74 Å². The van der Waals surface area contributed by atoms with Gasteiger partial charge in [0.2, 0.25) is 5.88 Å². The number of aryl methyl sites for hydroxylation is 2. The molecule has 3 aromatic rings. The van der Waals surface area contributed by atoms with Gasteiger partial charge in [0, 0.05) is 12.2 Å². The lowest BCUT2D eigenvalue weighted by atomic mass is 10.1. The Hall–Kier alpha value is -3.40. The van der Waals surface area contributed by atoms with Crippen molar-refractivity contribution in [1.29, 1.82) is 0 Å². The third-order valence-corrected chi connectivity index (χ3v) is 6.01. The quantitative estimate of drug-likeness (QED) is 0.577. The third kappa shape index (κ3) is 4.85. The van der Waals surface area contributed by atoms with Gasteiger partial charge in [0.15, 0.2) is 4.90 Å². The zero-order valence-electron chi connectivity index (χ0n) is 18.0. The van der Waals surface area contributed by atoms with Gasteiger partial charge >= 0.3 is 0 Å². The summed E-state index contributed by atoms with van der Waals surface area (Å²) in [7, 11) is -2.70. The number of hydrogen-bond acceptors (Lipinski definition) is 6. The number of nitrogens with one attached hydrogen (secondary N) is 2. The molecule has 2 heterocycles. The molecule has 0 aliphatic carbocycles. The van der Waals surface area contributed by atoms with Crippen LogP contribution in [0.15, 0.2) is 47.8 Å². The minimum Gasteiger partial charge on any atom is -0.480 e. The topological polar surface area (TPSA) is 115 Å². The largest absolute Gasteiger partial charge is 0.480 e. The first-order valence-electron chi connectivity index (χ1n) is 9.61. The number of carbonyl (C=O) groups excluding carboxylic acids is 1. The van der Waals surface area contributed by atoms with E-state index in [1.807, 2.05) is 45.9 Å². The lowest BCUT2D eigenvalue weighted by Gasteiger charge is -2.15. The molecule has 10 heteroatoms. The van der Waals surface area contributed by atoms with E-state index in [0.717, 1.165) is 11.1 Å². The molecule has 0 saturated heterocycles. The van der Waals surface area contributed by atoms with Crippen molar-refractivity contribution in [3.8, 4) is 5.88 Å². The Labute approximate surface area is 181 Å². The monoisotopic (exact) mass is 443 g/mol. The Morgan fingerprint density at radius 3 is 2.42 bits per heavy atom. The summed E-state index contributed by atoms with van der Waals surface area (Å²) in [6, 6.07) is 6.90. The van der Waals surface area contributed by atoms with E-state index < -0.39 is 15.9 Å². The highest BCUT2D eigenvalue weighted by Crippen LogP contribution is 2.29. The predicted molar refractivity (Wildman–Crippen MR) is 118 cm³/mol. The smallest absolute Gasteiger partial charge is 0.267 e. The van der Waals surface area contributed by atoms with E-state index in [9.17, 15) is 13.2 Å². The first-order chi connectivity index (χ1) is 14.6. The Morgan fingerprint density at radius 2 is 1.84 bits per heavy atom. The fourth-order valence-electron chi connectivity index (χ4n) is 2.95. The summed E-state index contributed by atoms with van der Waals surface area (Å²) >= 11 is 0. The molecule has 0 unspecified atom stereocenters. The number of carbonyl (C=O) groups is 1. The van der Waals surface area contributed by atoms with Crippen LogP contribution < -0.4 is 14.8 Å². The minimum absolute atomic E-state index is 0.0793. The van der Waals surface area contributed by atoms with Crippen molar-refractivity contribution in [2.24, 2.45) is 0 Å². The van der Waals surface area contributed by atoms with Crippen LogP contribution in [0, 0.1) is 13.8 Å². The molecule has 9 nitrogen and oxygen atoms in total. The van der Waals surface area contributed by atoms with Crippen molar-refractivity contribution in [2.45, 2.75) is 38.6 Å². The number of sulfonamides is 1. The summed E-state index contributed by atoms with van der Waals surface area (Å²) in [5.74, 6) is -0.505. The van der Waals surface area contributed by atoms with E-state index >= 15 is 0 Å². The van der Waals surface area contributed by atoms with Gasteiger partial charge in [-0.25, -0.2) is 13.4 Å². The Kier molecular flexibility index (Phi) is 6.30. The number of rotatable bonds is 7. The number of anilines is 2. The Bertz CT molecular complexity index is 1200. The van der Waals surface area contributed by atoms with Gasteiger partial charge in [-0.15, -0.1) is 0 Å². The maximum absolute atomic E-state index is 13.1. The zero-order chi connectivity index (χ0) is 22.8. The van der Waals surface area contributed by atoms with E-state index in [-0.39, 0.29) is 22.5 Å². The second kappa shape index (κ2) is 8.76. The van der Waals surface area contributed by atoms with Gasteiger partial charge in [-0.2, -0.15) is 5.10 Å². The average molecular weight is 444 g/mol. The van der Waals surface area contributed by atoms with Gasteiger partial charge in [0.25, 0.3) is 15.9 Å². The molecule has 1 amide bonds. The highest BCUT2D eigenvalue weighted by Gasteiger charge is 2.24. The van der Waals surface area contributed by atoms with Crippen LogP contribution in [0.3, 0.4) is 0 Å². The van der Waals surface area contributed by atoms with Crippen LogP contribution in [0.1, 0.15) is 41.4 Å². The molecule has 0 spiro atoms. The van der Waals surface area contributed by atoms with Crippen LogP contribution in [0.5, 0.6) is 5.88 Å². The van der Waals surface area contributed by atoms with Crippen LogP contribution in [-0.2, 0) is 10.0 Å². The molecule has 0 aliphatic rings. The van der Waals surface area contributed by atoms with Crippen molar-refractivity contribution < 1.29 is 17.9 Å². The Balaban J connectivity index is 1.91. The van der Waals surface area contributed by atoms with Crippen LogP contribution in [-0.4, -0.2) is 36.2 Å². The number of aromatic nitrogens is 3. The molecular formula is C21H25N5O4S. The van der Waals surface area contributed by atoms with Gasteiger partial charge in [-0.05, 0) is 44.9 Å². The van der Waals surface area contributed by atoms with E-state index in [2.05, 4.69) is 20.1 Å². The molecule has 1 aromatic carbocycles. The molecule has 0 radical (unpaired) electrons. The minimum atomic E-state index is -4.04. The molecule has 164 valence electrons. The van der Waals surface area contributed by atoms with E-state index in [1.165, 1.54) is 25.6 Å². The first-order valence-corrected chi connectivity index (χ1v) is 11.1. The van der Waals surface area contributed by atoms with Crippen LogP contribution in [0.25, 0.3) is 0 Å². The molecule has 3 rings (SSSR count).